The molecule has 0 aliphatic heterocycles. The fraction of sp³-hybridized carbons (Fsp3) is 0.188. The van der Waals surface area contributed by atoms with Crippen molar-refractivity contribution in [1.29, 1.82) is 0 Å². The zero-order valence-corrected chi connectivity index (χ0v) is 13.7. The first-order valence-electron chi connectivity index (χ1n) is 7.42. The Balaban J connectivity index is 0. The van der Waals surface area contributed by atoms with Crippen LogP contribution in [0.4, 0.5) is 5.82 Å². The van der Waals surface area contributed by atoms with E-state index in [1.807, 2.05) is 25.1 Å². The molecule has 0 fully saturated rings. The van der Waals surface area contributed by atoms with Gasteiger partial charge in [-0.15, -0.1) is 0 Å². The summed E-state index contributed by atoms with van der Waals surface area (Å²) < 4.78 is 4.47. The van der Waals surface area contributed by atoms with Crippen molar-refractivity contribution >= 4 is 28.7 Å². The number of hydrogen-bond acceptors (Lipinski definition) is 7. The van der Waals surface area contributed by atoms with Crippen LogP contribution >= 0.6 is 0 Å². The van der Waals surface area contributed by atoms with Crippen molar-refractivity contribution in [2.24, 2.45) is 0 Å². The number of nitrogens with one attached hydrogen (secondary N) is 2. The van der Waals surface area contributed by atoms with Gasteiger partial charge in [-0.2, -0.15) is 0 Å². The van der Waals surface area contributed by atoms with Gasteiger partial charge < -0.3 is 20.8 Å². The number of H-pyrrole nitrogens is 1. The number of hydrogen-bond donors (Lipinski definition) is 3. The van der Waals surface area contributed by atoms with Crippen LogP contribution in [0.3, 0.4) is 0 Å². The Morgan fingerprint density at radius 1 is 1.36 bits per heavy atom. The number of fused-ring (bicyclic) bond motifs is 1. The molecule has 0 radical (unpaired) electrons. The molecule has 1 aromatic carbocycles. The van der Waals surface area contributed by atoms with E-state index in [-0.39, 0.29) is 29.5 Å². The maximum absolute atomic E-state index is 12.1. The fourth-order valence-corrected chi connectivity index (χ4v) is 2.23. The van der Waals surface area contributed by atoms with Crippen LogP contribution in [-0.2, 0) is 9.53 Å². The van der Waals surface area contributed by atoms with Crippen LogP contribution in [0.15, 0.2) is 24.4 Å². The van der Waals surface area contributed by atoms with Gasteiger partial charge in [0.15, 0.2) is 11.6 Å². The van der Waals surface area contributed by atoms with E-state index in [9.17, 15) is 9.59 Å². The molecule has 0 bridgehead atoms. The van der Waals surface area contributed by atoms with Crippen LogP contribution in [0.1, 0.15) is 21.8 Å². The van der Waals surface area contributed by atoms with Gasteiger partial charge in [0.05, 0.1) is 24.3 Å². The highest BCUT2D eigenvalue weighted by atomic mass is 16.5. The lowest BCUT2D eigenvalue weighted by Gasteiger charge is -2.05. The van der Waals surface area contributed by atoms with Crippen molar-refractivity contribution in [3.05, 3.63) is 35.7 Å². The van der Waals surface area contributed by atoms with Crippen LogP contribution < -0.4 is 11.1 Å². The van der Waals surface area contributed by atoms with Crippen LogP contribution in [-0.4, -0.2) is 45.5 Å². The van der Waals surface area contributed by atoms with Gasteiger partial charge >= 0.3 is 5.97 Å². The number of nitrogens with zero attached hydrogens (tertiary/aromatic N) is 3. The molecule has 9 nitrogen and oxygen atoms in total. The van der Waals surface area contributed by atoms with Crippen molar-refractivity contribution < 1.29 is 20.0 Å². The van der Waals surface area contributed by atoms with Crippen LogP contribution in [0.25, 0.3) is 22.6 Å². The zero-order chi connectivity index (χ0) is 18.0. The van der Waals surface area contributed by atoms with Crippen molar-refractivity contribution in [3.8, 4) is 11.5 Å². The molecular weight excluding hydrogens is 324 g/mol. The van der Waals surface area contributed by atoms with Crippen molar-refractivity contribution in [3.63, 3.8) is 0 Å². The SMILES string of the molecule is COC(=O)CNC(=O)c1cnc(N)c(-c2nc3ccc(C)cc3[nH]2)n1.[HH].[HH].[HH].[HH]. The quantitative estimate of drug-likeness (QED) is 0.611. The van der Waals surface area contributed by atoms with Gasteiger partial charge in [0, 0.05) is 5.71 Å². The van der Waals surface area contributed by atoms with Crippen molar-refractivity contribution in [2.75, 3.05) is 19.4 Å². The van der Waals surface area contributed by atoms with Gasteiger partial charge in [-0.3, -0.25) is 9.59 Å². The number of methoxy groups -OCH3 is 1. The van der Waals surface area contributed by atoms with Crippen molar-refractivity contribution in [1.82, 2.24) is 25.3 Å². The minimum atomic E-state index is -0.565. The number of carbonyl (C=O) groups is 2. The second-order valence-corrected chi connectivity index (χ2v) is 5.35. The number of aromatic amines is 1. The normalized spacial score (nSPS) is 10.6. The Kier molecular flexibility index (Phi) is 4.29. The molecule has 0 spiro atoms. The third-order valence-electron chi connectivity index (χ3n) is 3.52. The van der Waals surface area contributed by atoms with Gasteiger partial charge in [-0.25, -0.2) is 15.0 Å². The zero-order valence-electron chi connectivity index (χ0n) is 13.7. The lowest BCUT2D eigenvalue weighted by atomic mass is 10.2. The second-order valence-electron chi connectivity index (χ2n) is 5.35. The first-order chi connectivity index (χ1) is 12.0. The molecule has 1 amide bonds. The predicted molar refractivity (Wildman–Crippen MR) is 99.1 cm³/mol. The molecule has 0 unspecified atom stereocenters. The molecule has 9 heteroatoms. The Labute approximate surface area is 148 Å². The molecule has 0 aliphatic rings. The number of aromatic nitrogens is 4. The lowest BCUT2D eigenvalue weighted by molar-refractivity contribution is -0.139. The molecule has 25 heavy (non-hydrogen) atoms. The third kappa shape index (κ3) is 3.39. The monoisotopic (exact) mass is 348 g/mol. The first kappa shape index (κ1) is 16.4. The number of imidazole rings is 1. The number of anilines is 1. The van der Waals surface area contributed by atoms with Gasteiger partial charge in [0.25, 0.3) is 5.91 Å². The number of carbonyl (C=O) groups excluding carboxylic acids is 2. The van der Waals surface area contributed by atoms with Gasteiger partial charge in [-0.1, -0.05) is 6.07 Å². The third-order valence-corrected chi connectivity index (χ3v) is 3.52. The minimum absolute atomic E-state index is 0. The molecule has 0 saturated heterocycles. The molecule has 136 valence electrons. The molecular formula is C16H24N6O3. The summed E-state index contributed by atoms with van der Waals surface area (Å²) in [6, 6.07) is 5.77. The Hall–Kier alpha value is -3.49. The van der Waals surface area contributed by atoms with E-state index in [2.05, 4.69) is 30.0 Å². The molecule has 2 heterocycles. The average molecular weight is 348 g/mol. The summed E-state index contributed by atoms with van der Waals surface area (Å²) in [5.74, 6) is -0.579. The maximum atomic E-state index is 12.1. The standard InChI is InChI=1S/C16H16N6O3.4H2/c1-8-3-4-9-10(5-8)22-15(21-9)13-14(17)18-6-11(20-13)16(24)19-7-12(23)25-2;;;;/h3-6H,7H2,1-2H3,(H2,17,18)(H,19,24)(H,21,22);4*1H. The predicted octanol–water partition coefficient (Wildman–Crippen LogP) is 1.80. The molecule has 3 aromatic rings. The molecule has 3 rings (SSSR count). The van der Waals surface area contributed by atoms with E-state index in [0.29, 0.717) is 5.82 Å². The van der Waals surface area contributed by atoms with Crippen LogP contribution in [0.2, 0.25) is 0 Å². The molecule has 0 aliphatic carbocycles. The van der Waals surface area contributed by atoms with E-state index in [4.69, 9.17) is 5.73 Å². The second kappa shape index (κ2) is 6.56. The van der Waals surface area contributed by atoms with Crippen molar-refractivity contribution in [2.45, 2.75) is 6.92 Å². The van der Waals surface area contributed by atoms with Crippen LogP contribution in [0.5, 0.6) is 0 Å². The summed E-state index contributed by atoms with van der Waals surface area (Å²) in [6.45, 7) is 1.71. The highest BCUT2D eigenvalue weighted by molar-refractivity contribution is 5.94. The summed E-state index contributed by atoms with van der Waals surface area (Å²) in [5.41, 5.74) is 8.82. The molecule has 0 atom stereocenters. The number of aryl methyl sites for hydroxylation is 1. The highest BCUT2D eigenvalue weighted by Gasteiger charge is 2.16. The Morgan fingerprint density at radius 3 is 2.92 bits per heavy atom. The summed E-state index contributed by atoms with van der Waals surface area (Å²) in [7, 11) is 1.24. The van der Waals surface area contributed by atoms with E-state index >= 15 is 0 Å². The van der Waals surface area contributed by atoms with E-state index < -0.39 is 11.9 Å². The number of ether oxygens (including phenoxy) is 1. The highest BCUT2D eigenvalue weighted by Crippen LogP contribution is 2.23. The van der Waals surface area contributed by atoms with E-state index in [1.165, 1.54) is 13.3 Å². The maximum Gasteiger partial charge on any atom is 0.325 e. The fourth-order valence-electron chi connectivity index (χ4n) is 2.23. The number of esters is 1. The van der Waals surface area contributed by atoms with Crippen LogP contribution in [0, 0.1) is 6.92 Å². The topological polar surface area (TPSA) is 136 Å². The summed E-state index contributed by atoms with van der Waals surface area (Å²) in [5, 5.41) is 2.39. The molecule has 0 saturated carbocycles. The van der Waals surface area contributed by atoms with Gasteiger partial charge in [-0.05, 0) is 24.6 Å². The van der Waals surface area contributed by atoms with E-state index in [1.54, 1.807) is 0 Å². The number of rotatable bonds is 4. The smallest absolute Gasteiger partial charge is 0.325 e. The number of benzene rings is 1. The largest absolute Gasteiger partial charge is 0.468 e. The summed E-state index contributed by atoms with van der Waals surface area (Å²) in [4.78, 5) is 38.9. The molecule has 2 aromatic heterocycles. The summed E-state index contributed by atoms with van der Waals surface area (Å²) in [6.07, 6.45) is 1.23. The van der Waals surface area contributed by atoms with Gasteiger partial charge in [0.1, 0.15) is 17.9 Å². The number of nitrogens with two attached hydrogens (primary N) is 1. The number of amides is 1. The molecule has 4 N–H and O–H groups in total. The average Bonchev–Trinajstić information content (AvgIpc) is 3.02. The first-order valence-corrected chi connectivity index (χ1v) is 7.42. The number of nitrogen functional groups attached to an aromatic ring is 1. The minimum Gasteiger partial charge on any atom is -0.468 e. The Morgan fingerprint density at radius 2 is 2.16 bits per heavy atom. The van der Waals surface area contributed by atoms with E-state index in [0.717, 1.165) is 16.6 Å². The Bertz CT molecular complexity index is 982. The van der Waals surface area contributed by atoms with Gasteiger partial charge in [0.2, 0.25) is 0 Å². The summed E-state index contributed by atoms with van der Waals surface area (Å²) >= 11 is 0. The lowest BCUT2D eigenvalue weighted by Crippen LogP contribution is -2.31.